The lowest BCUT2D eigenvalue weighted by Crippen LogP contribution is -2.48. The molecule has 0 aliphatic carbocycles. The van der Waals surface area contributed by atoms with Crippen LogP contribution in [0.2, 0.25) is 0 Å². The molecule has 1 aromatic carbocycles. The number of carbonyl (C=O) groups excluding carboxylic acids is 1. The van der Waals surface area contributed by atoms with E-state index in [1.165, 1.54) is 12.0 Å². The molecule has 1 amide bonds. The molecular weight excluding hydrogens is 288 g/mol. The van der Waals surface area contributed by atoms with Gasteiger partial charge in [-0.3, -0.25) is 9.69 Å². The Morgan fingerprint density at radius 1 is 1.13 bits per heavy atom. The van der Waals surface area contributed by atoms with Gasteiger partial charge in [0.1, 0.15) is 0 Å². The Labute approximate surface area is 138 Å². The summed E-state index contributed by atoms with van der Waals surface area (Å²) in [4.78, 5) is 16.9. The maximum atomic E-state index is 12.2. The largest absolute Gasteiger partial charge is 0.374 e. The summed E-state index contributed by atoms with van der Waals surface area (Å²) < 4.78 is 6.12. The van der Waals surface area contributed by atoms with E-state index in [0.29, 0.717) is 11.9 Å². The van der Waals surface area contributed by atoms with E-state index < -0.39 is 0 Å². The average Bonchev–Trinajstić information content (AvgIpc) is 3.17. The lowest BCUT2D eigenvalue weighted by atomic mass is 10.00. The molecular formula is C19H26N2O2. The van der Waals surface area contributed by atoms with Crippen LogP contribution in [0.15, 0.2) is 30.3 Å². The van der Waals surface area contributed by atoms with E-state index in [2.05, 4.69) is 40.1 Å². The van der Waals surface area contributed by atoms with Gasteiger partial charge in [-0.05, 0) is 31.2 Å². The topological polar surface area (TPSA) is 32.8 Å². The van der Waals surface area contributed by atoms with Gasteiger partial charge in [0.25, 0.3) is 0 Å². The minimum Gasteiger partial charge on any atom is -0.374 e. The number of ether oxygens (including phenoxy) is 1. The number of nitrogens with zero attached hydrogens (tertiary/aromatic N) is 2. The first-order valence-electron chi connectivity index (χ1n) is 9.02. The Morgan fingerprint density at radius 3 is 2.78 bits per heavy atom. The highest BCUT2D eigenvalue weighted by molar-refractivity contribution is 5.78. The number of amides is 1. The third kappa shape index (κ3) is 3.02. The van der Waals surface area contributed by atoms with Gasteiger partial charge in [0, 0.05) is 38.7 Å². The Balaban J connectivity index is 1.45. The van der Waals surface area contributed by atoms with E-state index in [4.69, 9.17) is 4.74 Å². The van der Waals surface area contributed by atoms with Crippen molar-refractivity contribution in [2.24, 2.45) is 0 Å². The van der Waals surface area contributed by atoms with Crippen molar-refractivity contribution in [1.29, 1.82) is 0 Å². The predicted molar refractivity (Wildman–Crippen MR) is 89.2 cm³/mol. The van der Waals surface area contributed by atoms with E-state index in [1.54, 1.807) is 0 Å². The molecule has 3 heterocycles. The normalized spacial score (nSPS) is 31.6. The van der Waals surface area contributed by atoms with E-state index in [0.717, 1.165) is 51.9 Å². The molecule has 3 fully saturated rings. The van der Waals surface area contributed by atoms with Crippen LogP contribution in [-0.2, 0) is 16.0 Å². The van der Waals surface area contributed by atoms with Crippen LogP contribution in [0.3, 0.4) is 0 Å². The summed E-state index contributed by atoms with van der Waals surface area (Å²) in [5, 5.41) is 0. The average molecular weight is 314 g/mol. The summed E-state index contributed by atoms with van der Waals surface area (Å²) >= 11 is 0. The Bertz CT molecular complexity index is 548. The molecule has 3 aliphatic heterocycles. The number of benzene rings is 1. The second kappa shape index (κ2) is 6.62. The summed E-state index contributed by atoms with van der Waals surface area (Å²) in [6, 6.07) is 11.4. The van der Waals surface area contributed by atoms with Crippen molar-refractivity contribution in [3.63, 3.8) is 0 Å². The third-order valence-corrected chi connectivity index (χ3v) is 5.64. The van der Waals surface area contributed by atoms with Gasteiger partial charge in [-0.15, -0.1) is 0 Å². The van der Waals surface area contributed by atoms with E-state index >= 15 is 0 Å². The van der Waals surface area contributed by atoms with Crippen LogP contribution in [0.4, 0.5) is 0 Å². The Kier molecular flexibility index (Phi) is 4.36. The zero-order valence-electron chi connectivity index (χ0n) is 13.7. The highest BCUT2D eigenvalue weighted by Crippen LogP contribution is 2.33. The van der Waals surface area contributed by atoms with Crippen LogP contribution in [-0.4, -0.2) is 60.1 Å². The van der Waals surface area contributed by atoms with Gasteiger partial charge in [-0.25, -0.2) is 0 Å². The maximum absolute atomic E-state index is 12.2. The molecule has 124 valence electrons. The van der Waals surface area contributed by atoms with Crippen molar-refractivity contribution in [2.45, 2.75) is 50.3 Å². The van der Waals surface area contributed by atoms with Gasteiger partial charge in [-0.1, -0.05) is 30.3 Å². The standard InChI is InChI=1S/C19H26N2O2/c22-18-9-4-11-21(18)17-14-20(16-8-5-13-23-19(16)17)12-10-15-6-2-1-3-7-15/h1-3,6-7,16-17,19H,4-5,8-14H2/t16-,17+,19+/m0/s1. The molecule has 0 spiro atoms. The lowest BCUT2D eigenvalue weighted by molar-refractivity contribution is -0.132. The Morgan fingerprint density at radius 2 is 2.00 bits per heavy atom. The smallest absolute Gasteiger partial charge is 0.223 e. The lowest BCUT2D eigenvalue weighted by Gasteiger charge is -2.34. The summed E-state index contributed by atoms with van der Waals surface area (Å²) in [7, 11) is 0. The van der Waals surface area contributed by atoms with Crippen LogP contribution in [0.1, 0.15) is 31.2 Å². The number of hydrogen-bond acceptors (Lipinski definition) is 3. The van der Waals surface area contributed by atoms with Crippen LogP contribution >= 0.6 is 0 Å². The van der Waals surface area contributed by atoms with Crippen LogP contribution in [0, 0.1) is 0 Å². The molecule has 0 unspecified atom stereocenters. The fraction of sp³-hybridized carbons (Fsp3) is 0.632. The molecule has 4 nitrogen and oxygen atoms in total. The second-order valence-corrected chi connectivity index (χ2v) is 7.03. The number of carbonyl (C=O) groups is 1. The third-order valence-electron chi connectivity index (χ3n) is 5.64. The predicted octanol–water partition coefficient (Wildman–Crippen LogP) is 2.08. The fourth-order valence-corrected chi connectivity index (χ4v) is 4.49. The number of hydrogen-bond donors (Lipinski definition) is 0. The monoisotopic (exact) mass is 314 g/mol. The summed E-state index contributed by atoms with van der Waals surface area (Å²) in [5.41, 5.74) is 1.39. The highest BCUT2D eigenvalue weighted by Gasteiger charge is 2.47. The molecule has 4 rings (SSSR count). The first-order valence-corrected chi connectivity index (χ1v) is 9.02. The van der Waals surface area contributed by atoms with Crippen LogP contribution in [0.5, 0.6) is 0 Å². The zero-order chi connectivity index (χ0) is 15.6. The molecule has 3 aliphatic rings. The molecule has 0 saturated carbocycles. The molecule has 0 N–H and O–H groups in total. The molecule has 0 aromatic heterocycles. The van der Waals surface area contributed by atoms with Gasteiger partial charge in [0.2, 0.25) is 5.91 Å². The van der Waals surface area contributed by atoms with Crippen molar-refractivity contribution in [1.82, 2.24) is 9.80 Å². The van der Waals surface area contributed by atoms with Crippen molar-refractivity contribution < 1.29 is 9.53 Å². The van der Waals surface area contributed by atoms with Gasteiger partial charge in [-0.2, -0.15) is 0 Å². The molecule has 3 saturated heterocycles. The summed E-state index contributed by atoms with van der Waals surface area (Å²) in [5.74, 6) is 0.327. The van der Waals surface area contributed by atoms with Gasteiger partial charge >= 0.3 is 0 Å². The molecule has 0 bridgehead atoms. The Hall–Kier alpha value is -1.39. The summed E-state index contributed by atoms with van der Waals surface area (Å²) in [6.45, 7) is 3.82. The van der Waals surface area contributed by atoms with Crippen molar-refractivity contribution in [3.05, 3.63) is 35.9 Å². The maximum Gasteiger partial charge on any atom is 0.223 e. The van der Waals surface area contributed by atoms with Crippen molar-refractivity contribution in [2.75, 3.05) is 26.2 Å². The number of fused-ring (bicyclic) bond motifs is 1. The van der Waals surface area contributed by atoms with E-state index in [1.807, 2.05) is 0 Å². The first kappa shape index (κ1) is 15.2. The van der Waals surface area contributed by atoms with Crippen molar-refractivity contribution >= 4 is 5.91 Å². The van der Waals surface area contributed by atoms with Gasteiger partial charge in [0.15, 0.2) is 0 Å². The highest BCUT2D eigenvalue weighted by atomic mass is 16.5. The summed E-state index contributed by atoms with van der Waals surface area (Å²) in [6.07, 6.45) is 5.38. The molecule has 1 aromatic rings. The molecule has 23 heavy (non-hydrogen) atoms. The van der Waals surface area contributed by atoms with Crippen LogP contribution < -0.4 is 0 Å². The zero-order valence-corrected chi connectivity index (χ0v) is 13.7. The van der Waals surface area contributed by atoms with Gasteiger partial charge in [0.05, 0.1) is 12.1 Å². The second-order valence-electron chi connectivity index (χ2n) is 7.03. The van der Waals surface area contributed by atoms with E-state index in [9.17, 15) is 4.79 Å². The molecule has 4 heteroatoms. The first-order chi connectivity index (χ1) is 11.3. The molecule has 3 atom stereocenters. The van der Waals surface area contributed by atoms with E-state index in [-0.39, 0.29) is 12.1 Å². The van der Waals surface area contributed by atoms with Crippen molar-refractivity contribution in [3.8, 4) is 0 Å². The quantitative estimate of drug-likeness (QED) is 0.853. The van der Waals surface area contributed by atoms with Gasteiger partial charge < -0.3 is 9.64 Å². The SMILES string of the molecule is O=C1CCCN1[C@@H]1CN(CCc2ccccc2)[C@H]2CCCO[C@@H]12. The fourth-order valence-electron chi connectivity index (χ4n) is 4.49. The minimum absolute atomic E-state index is 0.224. The minimum atomic E-state index is 0.224. The molecule has 0 radical (unpaired) electrons. The number of rotatable bonds is 4. The number of likely N-dealkylation sites (tertiary alicyclic amines) is 2. The van der Waals surface area contributed by atoms with Crippen LogP contribution in [0.25, 0.3) is 0 Å².